The lowest BCUT2D eigenvalue weighted by Gasteiger charge is -2.58. The van der Waals surface area contributed by atoms with Gasteiger partial charge in [-0.2, -0.15) is 5.10 Å². The summed E-state index contributed by atoms with van der Waals surface area (Å²) in [5, 5.41) is 7.79. The van der Waals surface area contributed by atoms with Gasteiger partial charge in [-0.1, -0.05) is 0 Å². The third-order valence-electron chi connectivity index (χ3n) is 8.24. The van der Waals surface area contributed by atoms with Crippen molar-refractivity contribution in [1.29, 1.82) is 0 Å². The van der Waals surface area contributed by atoms with Crippen LogP contribution in [0.1, 0.15) is 56.3 Å². The van der Waals surface area contributed by atoms with Gasteiger partial charge in [-0.25, -0.2) is 22.6 Å². The first-order chi connectivity index (χ1) is 17.8. The van der Waals surface area contributed by atoms with Gasteiger partial charge in [-0.15, -0.1) is 0 Å². The Hall–Kier alpha value is -2.64. The van der Waals surface area contributed by atoms with Crippen molar-refractivity contribution in [3.8, 4) is 0 Å². The second kappa shape index (κ2) is 9.83. The number of carbonyl (C=O) groups excluding carboxylic acids is 2. The van der Waals surface area contributed by atoms with Crippen molar-refractivity contribution < 1.29 is 27.5 Å². The topological polar surface area (TPSA) is 158 Å². The maximum Gasteiger partial charge on any atom is 0.405 e. The summed E-state index contributed by atoms with van der Waals surface area (Å²) in [5.74, 6) is 1.40. The van der Waals surface area contributed by atoms with Crippen molar-refractivity contribution in [1.82, 2.24) is 19.8 Å². The molecule has 4 N–H and O–H groups in total. The number of hydrogen-bond acceptors (Lipinski definition) is 8. The first-order valence-corrected chi connectivity index (χ1v) is 15.1. The molecular weight excluding hydrogens is 512 g/mol. The monoisotopic (exact) mass is 550 g/mol. The minimum Gasteiger partial charge on any atom is -0.443 e. The van der Waals surface area contributed by atoms with E-state index in [9.17, 15) is 18.0 Å². The minimum atomic E-state index is -3.42. The van der Waals surface area contributed by atoms with Crippen molar-refractivity contribution in [3.05, 3.63) is 17.8 Å². The number of morpholine rings is 1. The Bertz CT molecular complexity index is 1200. The fourth-order valence-electron chi connectivity index (χ4n) is 7.24. The van der Waals surface area contributed by atoms with Crippen molar-refractivity contribution in [2.75, 3.05) is 37.5 Å². The molecule has 0 aromatic carbocycles. The van der Waals surface area contributed by atoms with E-state index in [2.05, 4.69) is 20.0 Å². The molecule has 1 aromatic rings. The number of nitrogens with two attached hydrogens (primary N) is 1. The average Bonchev–Trinajstić information content (AvgIpc) is 3.22. The number of hydrogen-bond donors (Lipinski definition) is 3. The molecular formula is C25H38N6O6S. The van der Waals surface area contributed by atoms with E-state index in [1.165, 1.54) is 0 Å². The summed E-state index contributed by atoms with van der Waals surface area (Å²) in [6.07, 6.45) is 9.66. The molecule has 210 valence electrons. The van der Waals surface area contributed by atoms with Crippen LogP contribution in [-0.4, -0.2) is 79.9 Å². The lowest BCUT2D eigenvalue weighted by Crippen LogP contribution is -2.63. The predicted molar refractivity (Wildman–Crippen MR) is 141 cm³/mol. The predicted octanol–water partition coefficient (Wildman–Crippen LogP) is 1.29. The van der Waals surface area contributed by atoms with Crippen molar-refractivity contribution in [2.24, 2.45) is 23.5 Å². The minimum absolute atomic E-state index is 0.00187. The third kappa shape index (κ3) is 5.69. The molecule has 1 aromatic heterocycles. The molecule has 0 radical (unpaired) electrons. The van der Waals surface area contributed by atoms with E-state index in [1.54, 1.807) is 37.0 Å². The van der Waals surface area contributed by atoms with E-state index in [1.807, 2.05) is 0 Å². The molecule has 2 heterocycles. The molecule has 4 bridgehead atoms. The van der Waals surface area contributed by atoms with Gasteiger partial charge in [0, 0.05) is 30.9 Å². The molecule has 38 heavy (non-hydrogen) atoms. The highest BCUT2D eigenvalue weighted by Gasteiger charge is 2.57. The molecule has 1 saturated heterocycles. The largest absolute Gasteiger partial charge is 0.443 e. The Morgan fingerprint density at radius 1 is 1.21 bits per heavy atom. The Morgan fingerprint density at radius 2 is 1.87 bits per heavy atom. The highest BCUT2D eigenvalue weighted by atomic mass is 32.2. The van der Waals surface area contributed by atoms with Crippen molar-refractivity contribution in [3.63, 3.8) is 0 Å². The van der Waals surface area contributed by atoms with E-state index >= 15 is 0 Å². The number of nitrogens with one attached hydrogen (secondary N) is 2. The Labute approximate surface area is 223 Å². The second-order valence-corrected chi connectivity index (χ2v) is 13.7. The van der Waals surface area contributed by atoms with Gasteiger partial charge in [0.2, 0.25) is 10.0 Å². The zero-order valence-electron chi connectivity index (χ0n) is 22.2. The van der Waals surface area contributed by atoms with E-state index in [0.29, 0.717) is 56.4 Å². The van der Waals surface area contributed by atoms with E-state index in [0.717, 1.165) is 25.5 Å². The van der Waals surface area contributed by atoms with Gasteiger partial charge >= 0.3 is 6.09 Å². The van der Waals surface area contributed by atoms with Crippen LogP contribution in [0.2, 0.25) is 0 Å². The van der Waals surface area contributed by atoms with Crippen LogP contribution >= 0.6 is 0 Å². The molecule has 0 spiro atoms. The third-order valence-corrected chi connectivity index (χ3v) is 9.13. The molecule has 4 aliphatic carbocycles. The molecule has 4 saturated carbocycles. The zero-order valence-corrected chi connectivity index (χ0v) is 23.0. The van der Waals surface area contributed by atoms with Crippen LogP contribution in [0.15, 0.2) is 12.3 Å². The molecule has 5 aliphatic rings. The normalized spacial score (nSPS) is 31.1. The maximum atomic E-state index is 13.7. The Morgan fingerprint density at radius 3 is 2.47 bits per heavy atom. The second-order valence-electron chi connectivity index (χ2n) is 11.9. The lowest BCUT2D eigenvalue weighted by atomic mass is 9.52. The van der Waals surface area contributed by atoms with Crippen molar-refractivity contribution >= 4 is 34.0 Å². The lowest BCUT2D eigenvalue weighted by molar-refractivity contribution is -0.137. The summed E-state index contributed by atoms with van der Waals surface area (Å²) in [6, 6.07) is -0.00187. The summed E-state index contributed by atoms with van der Waals surface area (Å²) in [4.78, 5) is 27.4. The Kier molecular flexibility index (Phi) is 6.97. The van der Waals surface area contributed by atoms with E-state index < -0.39 is 27.3 Å². The van der Waals surface area contributed by atoms with Gasteiger partial charge in [0.25, 0.3) is 5.91 Å². The van der Waals surface area contributed by atoms with Gasteiger partial charge in [0.1, 0.15) is 17.0 Å². The standard InChI is InChI=1S/C25H38N6O6S/c1-24(2,29-38(3,34)35)4-5-31-22(30-6-8-36-9-7-30)19(15-27-31)21(32)28-20-17-10-16-11-18(20)14-25(12-16,13-17)37-23(26)33/h4-5,15-18,20,29H,6-14H2,1-3H3,(H2,26,33)(H,28,32). The molecule has 1 aliphatic heterocycles. The summed E-state index contributed by atoms with van der Waals surface area (Å²) < 4.78 is 38.9. The van der Waals surface area contributed by atoms with Crippen LogP contribution in [0.25, 0.3) is 6.20 Å². The summed E-state index contributed by atoms with van der Waals surface area (Å²) in [5.41, 5.74) is 4.50. The van der Waals surface area contributed by atoms with Crippen LogP contribution in [0, 0.1) is 17.8 Å². The number of rotatable bonds is 8. The molecule has 5 fully saturated rings. The number of aromatic nitrogens is 2. The van der Waals surface area contributed by atoms with Crippen LogP contribution in [-0.2, 0) is 19.5 Å². The Balaban J connectivity index is 1.38. The van der Waals surface area contributed by atoms with Gasteiger partial charge in [0.15, 0.2) is 0 Å². The van der Waals surface area contributed by atoms with Crippen LogP contribution < -0.4 is 20.7 Å². The average molecular weight is 551 g/mol. The first-order valence-electron chi connectivity index (χ1n) is 13.2. The highest BCUT2D eigenvalue weighted by molar-refractivity contribution is 7.88. The number of carbonyl (C=O) groups is 2. The molecule has 2 unspecified atom stereocenters. The maximum absolute atomic E-state index is 13.7. The summed E-state index contributed by atoms with van der Waals surface area (Å²) in [6.45, 7) is 5.77. The quantitative estimate of drug-likeness (QED) is 0.437. The molecule has 2 amide bonds. The van der Waals surface area contributed by atoms with Gasteiger partial charge in [-0.3, -0.25) is 4.79 Å². The van der Waals surface area contributed by atoms with E-state index in [4.69, 9.17) is 15.2 Å². The first kappa shape index (κ1) is 26.9. The number of nitrogens with zero attached hydrogens (tertiary/aromatic N) is 3. The van der Waals surface area contributed by atoms with E-state index in [-0.39, 0.29) is 23.8 Å². The van der Waals surface area contributed by atoms with Gasteiger partial charge in [-0.05, 0) is 69.8 Å². The zero-order chi connectivity index (χ0) is 27.3. The highest BCUT2D eigenvalue weighted by Crippen LogP contribution is 2.57. The molecule has 6 rings (SSSR count). The van der Waals surface area contributed by atoms with Crippen LogP contribution in [0.3, 0.4) is 0 Å². The molecule has 13 heteroatoms. The van der Waals surface area contributed by atoms with Gasteiger partial charge < -0.3 is 25.4 Å². The van der Waals surface area contributed by atoms with Crippen molar-refractivity contribution in [2.45, 2.75) is 63.1 Å². The van der Waals surface area contributed by atoms with Gasteiger partial charge in [0.05, 0.1) is 25.7 Å². The number of sulfonamides is 1. The van der Waals surface area contributed by atoms with Crippen LogP contribution in [0.4, 0.5) is 10.6 Å². The summed E-state index contributed by atoms with van der Waals surface area (Å²) >= 11 is 0. The number of ether oxygens (including phenoxy) is 2. The number of amides is 2. The summed E-state index contributed by atoms with van der Waals surface area (Å²) in [7, 11) is -3.42. The smallest absolute Gasteiger partial charge is 0.405 e. The molecule has 12 nitrogen and oxygen atoms in total. The number of anilines is 1. The number of primary amides is 1. The fraction of sp³-hybridized carbons (Fsp3) is 0.720. The SMILES string of the molecule is CC(C)(C=Cn1ncc(C(=O)NC2C3CC4CC2CC(OC(N)=O)(C4)C3)c1N1CCOCC1)NS(C)(=O)=O. The fourth-order valence-corrected chi connectivity index (χ4v) is 8.26. The van der Waals surface area contributed by atoms with Crippen LogP contribution in [0.5, 0.6) is 0 Å². The molecule has 2 atom stereocenters.